The Hall–Kier alpha value is -4.12. The first-order valence-corrected chi connectivity index (χ1v) is 10.3. The molecule has 0 amide bonds. The molecule has 4 aromatic carbocycles. The highest BCUT2D eigenvalue weighted by atomic mass is 16.5. The number of aromatic hydroxyl groups is 3. The van der Waals surface area contributed by atoms with Gasteiger partial charge in [-0.05, 0) is 79.9 Å². The normalized spacial score (nSPS) is 10.7. The van der Waals surface area contributed by atoms with Crippen LogP contribution in [0.1, 0.15) is 16.7 Å². The molecule has 0 radical (unpaired) electrons. The molecule has 0 saturated heterocycles. The third-order valence-corrected chi connectivity index (χ3v) is 5.10. The Morgan fingerprint density at radius 3 is 1.75 bits per heavy atom. The molecule has 0 saturated carbocycles. The van der Waals surface area contributed by atoms with E-state index in [1.54, 1.807) is 42.5 Å². The van der Waals surface area contributed by atoms with E-state index in [-0.39, 0.29) is 17.2 Å². The Bertz CT molecular complexity index is 1190. The maximum Gasteiger partial charge on any atom is 0.131 e. The molecule has 0 fully saturated rings. The van der Waals surface area contributed by atoms with Crippen LogP contribution in [0.2, 0.25) is 0 Å². The van der Waals surface area contributed by atoms with Crippen LogP contribution in [0.4, 0.5) is 17.1 Å². The molecule has 0 bridgehead atoms. The van der Waals surface area contributed by atoms with E-state index in [0.29, 0.717) is 11.5 Å². The lowest BCUT2D eigenvalue weighted by Crippen LogP contribution is -2.10. The van der Waals surface area contributed by atoms with E-state index >= 15 is 0 Å². The van der Waals surface area contributed by atoms with Gasteiger partial charge in [0.2, 0.25) is 0 Å². The molecule has 0 atom stereocenters. The lowest BCUT2D eigenvalue weighted by molar-refractivity contribution is 0.452. The molecule has 162 valence electrons. The summed E-state index contributed by atoms with van der Waals surface area (Å²) in [4.78, 5) is 1.94. The van der Waals surface area contributed by atoms with Crippen LogP contribution in [-0.2, 0) is 0 Å². The highest BCUT2D eigenvalue weighted by Crippen LogP contribution is 2.40. The summed E-state index contributed by atoms with van der Waals surface area (Å²) in [7, 11) is 0. The second kappa shape index (κ2) is 8.55. The number of benzene rings is 4. The minimum atomic E-state index is 0.157. The van der Waals surface area contributed by atoms with Crippen LogP contribution in [0.5, 0.6) is 28.7 Å². The Balaban J connectivity index is 1.80. The van der Waals surface area contributed by atoms with Crippen LogP contribution >= 0.6 is 0 Å². The van der Waals surface area contributed by atoms with Gasteiger partial charge in [-0.15, -0.1) is 0 Å². The van der Waals surface area contributed by atoms with Gasteiger partial charge in [-0.2, -0.15) is 0 Å². The second-order valence-corrected chi connectivity index (χ2v) is 7.94. The summed E-state index contributed by atoms with van der Waals surface area (Å²) < 4.78 is 5.99. The van der Waals surface area contributed by atoms with Crippen molar-refractivity contribution in [2.45, 2.75) is 20.8 Å². The number of rotatable bonds is 5. The average molecular weight is 428 g/mol. The Morgan fingerprint density at radius 1 is 0.594 bits per heavy atom. The van der Waals surface area contributed by atoms with Crippen molar-refractivity contribution < 1.29 is 20.1 Å². The smallest absolute Gasteiger partial charge is 0.131 e. The number of phenols is 3. The van der Waals surface area contributed by atoms with Crippen molar-refractivity contribution in [3.05, 3.63) is 95.6 Å². The second-order valence-electron chi connectivity index (χ2n) is 7.94. The molecule has 3 N–H and O–H groups in total. The molecular formula is C27H25NO4. The third-order valence-electron chi connectivity index (χ3n) is 5.10. The fraction of sp³-hybridized carbons (Fsp3) is 0.111. The van der Waals surface area contributed by atoms with E-state index < -0.39 is 0 Å². The minimum absolute atomic E-state index is 0.157. The topological polar surface area (TPSA) is 73.2 Å². The van der Waals surface area contributed by atoms with Gasteiger partial charge in [-0.3, -0.25) is 0 Å². The SMILES string of the molecule is Cc1cc(O)cc(N(c2cc(C)cc(O)c2)c2cccc(Oc3ccc(C)c(O)c3)c2)c1. The molecule has 5 nitrogen and oxygen atoms in total. The third kappa shape index (κ3) is 4.62. The van der Waals surface area contributed by atoms with Crippen LogP contribution in [-0.4, -0.2) is 15.3 Å². The zero-order valence-corrected chi connectivity index (χ0v) is 18.2. The predicted octanol–water partition coefficient (Wildman–Crippen LogP) is 6.99. The van der Waals surface area contributed by atoms with Crippen LogP contribution < -0.4 is 9.64 Å². The molecular weight excluding hydrogens is 402 g/mol. The van der Waals surface area contributed by atoms with E-state index in [0.717, 1.165) is 33.8 Å². The fourth-order valence-corrected chi connectivity index (χ4v) is 3.67. The average Bonchev–Trinajstić information content (AvgIpc) is 2.70. The van der Waals surface area contributed by atoms with Crippen LogP contribution in [0.15, 0.2) is 78.9 Å². The van der Waals surface area contributed by atoms with Crippen LogP contribution in [0.25, 0.3) is 0 Å². The largest absolute Gasteiger partial charge is 0.508 e. The van der Waals surface area contributed by atoms with Crippen molar-refractivity contribution in [2.75, 3.05) is 4.90 Å². The van der Waals surface area contributed by atoms with Crippen molar-refractivity contribution >= 4 is 17.1 Å². The van der Waals surface area contributed by atoms with Crippen molar-refractivity contribution in [2.24, 2.45) is 0 Å². The molecule has 0 aliphatic carbocycles. The number of anilines is 3. The van der Waals surface area contributed by atoms with Crippen molar-refractivity contribution in [1.29, 1.82) is 0 Å². The molecule has 0 unspecified atom stereocenters. The highest BCUT2D eigenvalue weighted by Gasteiger charge is 2.16. The zero-order chi connectivity index (χ0) is 22.8. The Labute approximate surface area is 187 Å². The highest BCUT2D eigenvalue weighted by molar-refractivity contribution is 5.79. The van der Waals surface area contributed by atoms with Gasteiger partial charge in [0, 0.05) is 30.0 Å². The van der Waals surface area contributed by atoms with E-state index in [9.17, 15) is 15.3 Å². The maximum atomic E-state index is 10.2. The van der Waals surface area contributed by atoms with E-state index in [4.69, 9.17) is 4.74 Å². The first-order chi connectivity index (χ1) is 15.3. The molecule has 32 heavy (non-hydrogen) atoms. The van der Waals surface area contributed by atoms with Gasteiger partial charge in [-0.25, -0.2) is 0 Å². The number of ether oxygens (including phenoxy) is 1. The summed E-state index contributed by atoms with van der Waals surface area (Å²) >= 11 is 0. The number of hydrogen-bond donors (Lipinski definition) is 3. The molecule has 0 heterocycles. The molecule has 5 heteroatoms. The fourth-order valence-electron chi connectivity index (χ4n) is 3.67. The van der Waals surface area contributed by atoms with E-state index in [1.807, 2.05) is 62.1 Å². The Morgan fingerprint density at radius 2 is 1.19 bits per heavy atom. The van der Waals surface area contributed by atoms with Gasteiger partial charge in [0.25, 0.3) is 0 Å². The van der Waals surface area contributed by atoms with Crippen molar-refractivity contribution in [3.63, 3.8) is 0 Å². The minimum Gasteiger partial charge on any atom is -0.508 e. The number of phenolic OH excluding ortho intramolecular Hbond substituents is 3. The van der Waals surface area contributed by atoms with Crippen molar-refractivity contribution in [3.8, 4) is 28.7 Å². The molecule has 0 spiro atoms. The number of aryl methyl sites for hydroxylation is 3. The van der Waals surface area contributed by atoms with Crippen LogP contribution in [0.3, 0.4) is 0 Å². The van der Waals surface area contributed by atoms with Gasteiger partial charge in [-0.1, -0.05) is 12.1 Å². The van der Waals surface area contributed by atoms with E-state index in [2.05, 4.69) is 0 Å². The van der Waals surface area contributed by atoms with E-state index in [1.165, 1.54) is 0 Å². The molecule has 4 aromatic rings. The Kier molecular flexibility index (Phi) is 5.65. The van der Waals surface area contributed by atoms with Gasteiger partial charge >= 0.3 is 0 Å². The van der Waals surface area contributed by atoms with Gasteiger partial charge in [0.1, 0.15) is 28.7 Å². The lowest BCUT2D eigenvalue weighted by atomic mass is 10.1. The number of hydrogen-bond acceptors (Lipinski definition) is 5. The molecule has 0 aliphatic heterocycles. The van der Waals surface area contributed by atoms with Gasteiger partial charge < -0.3 is 25.0 Å². The number of nitrogens with zero attached hydrogens (tertiary/aromatic N) is 1. The summed E-state index contributed by atoms with van der Waals surface area (Å²) in [6.45, 7) is 5.66. The summed E-state index contributed by atoms with van der Waals surface area (Å²) in [5.41, 5.74) is 4.87. The molecule has 0 aromatic heterocycles. The molecule has 0 aliphatic rings. The molecule has 4 rings (SSSR count). The summed E-state index contributed by atoms with van der Waals surface area (Å²) in [5.74, 6) is 1.60. The van der Waals surface area contributed by atoms with Crippen molar-refractivity contribution in [1.82, 2.24) is 0 Å². The standard InChI is InChI=1S/C27H25NO4/c1-17-9-21(13-23(29)11-17)28(22-10-18(2)12-24(30)14-22)20-5-4-6-25(15-20)32-26-8-7-19(3)27(31)16-26/h4-16,29-31H,1-3H3. The van der Waals surface area contributed by atoms with Crippen LogP contribution in [0, 0.1) is 20.8 Å². The first-order valence-electron chi connectivity index (χ1n) is 10.3. The summed E-state index contributed by atoms with van der Waals surface area (Å²) in [6.07, 6.45) is 0. The monoisotopic (exact) mass is 427 g/mol. The van der Waals surface area contributed by atoms with Gasteiger partial charge in [0.05, 0.1) is 11.4 Å². The zero-order valence-electron chi connectivity index (χ0n) is 18.2. The first kappa shape index (κ1) is 21.1. The van der Waals surface area contributed by atoms with Gasteiger partial charge in [0.15, 0.2) is 0 Å². The maximum absolute atomic E-state index is 10.2. The quantitative estimate of drug-likeness (QED) is 0.320. The lowest BCUT2D eigenvalue weighted by Gasteiger charge is -2.27. The summed E-state index contributed by atoms with van der Waals surface area (Å²) in [6, 6.07) is 23.4. The predicted molar refractivity (Wildman–Crippen MR) is 127 cm³/mol. The summed E-state index contributed by atoms with van der Waals surface area (Å²) in [5, 5.41) is 30.4.